The van der Waals surface area contributed by atoms with Crippen molar-refractivity contribution in [1.82, 2.24) is 4.98 Å². The molecule has 4 nitrogen and oxygen atoms in total. The number of ether oxygens (including phenoxy) is 2. The molecule has 4 heteroatoms. The number of carbonyl (C=O) groups is 1. The second-order valence-corrected chi connectivity index (χ2v) is 3.82. The van der Waals surface area contributed by atoms with Crippen LogP contribution in [0.5, 0.6) is 5.75 Å². The maximum absolute atomic E-state index is 11.5. The summed E-state index contributed by atoms with van der Waals surface area (Å²) >= 11 is 0. The third-order valence-corrected chi connectivity index (χ3v) is 2.60. The molecule has 0 aliphatic rings. The van der Waals surface area contributed by atoms with Crippen LogP contribution in [-0.4, -0.2) is 24.7 Å². The first-order chi connectivity index (χ1) is 8.79. The van der Waals surface area contributed by atoms with Crippen LogP contribution >= 0.6 is 0 Å². The fourth-order valence-corrected chi connectivity index (χ4v) is 1.59. The number of carbonyl (C=O) groups excluding carboxylic acids is 1. The van der Waals surface area contributed by atoms with Gasteiger partial charge in [-0.1, -0.05) is 12.1 Å². The van der Waals surface area contributed by atoms with Crippen LogP contribution in [0.1, 0.15) is 16.1 Å². The highest BCUT2D eigenvalue weighted by atomic mass is 16.5. The number of benzene rings is 1. The van der Waals surface area contributed by atoms with Crippen molar-refractivity contribution in [3.8, 4) is 5.75 Å². The third-order valence-electron chi connectivity index (χ3n) is 2.60. The molecule has 94 valence electrons. The van der Waals surface area contributed by atoms with E-state index in [4.69, 9.17) is 9.47 Å². The van der Waals surface area contributed by atoms with Crippen LogP contribution < -0.4 is 4.74 Å². The molecule has 2 aromatic rings. The van der Waals surface area contributed by atoms with Gasteiger partial charge in [-0.15, -0.1) is 0 Å². The van der Waals surface area contributed by atoms with E-state index in [-0.39, 0.29) is 5.97 Å². The van der Waals surface area contributed by atoms with Gasteiger partial charge in [-0.05, 0) is 29.8 Å². The highest BCUT2D eigenvalue weighted by molar-refractivity contribution is 5.87. The lowest BCUT2D eigenvalue weighted by Gasteiger charge is -2.05. The van der Waals surface area contributed by atoms with Crippen molar-refractivity contribution in [2.45, 2.75) is 6.42 Å². The largest absolute Gasteiger partial charge is 0.497 e. The molecule has 0 unspecified atom stereocenters. The van der Waals surface area contributed by atoms with E-state index in [1.165, 1.54) is 0 Å². The van der Waals surface area contributed by atoms with Crippen LogP contribution in [0.4, 0.5) is 0 Å². The minimum atomic E-state index is -0.325. The molecule has 1 aromatic heterocycles. The van der Waals surface area contributed by atoms with Gasteiger partial charge in [0.1, 0.15) is 11.4 Å². The highest BCUT2D eigenvalue weighted by Crippen LogP contribution is 2.11. The van der Waals surface area contributed by atoms with Crippen LogP contribution in [0, 0.1) is 0 Å². The molecule has 0 saturated heterocycles. The zero-order valence-corrected chi connectivity index (χ0v) is 10.2. The maximum atomic E-state index is 11.5. The first kappa shape index (κ1) is 12.2. The quantitative estimate of drug-likeness (QED) is 0.823. The molecule has 18 heavy (non-hydrogen) atoms. The van der Waals surface area contributed by atoms with Gasteiger partial charge < -0.3 is 14.5 Å². The summed E-state index contributed by atoms with van der Waals surface area (Å²) in [7, 11) is 1.63. The van der Waals surface area contributed by atoms with Gasteiger partial charge >= 0.3 is 5.97 Å². The molecular formula is C14H15NO3. The summed E-state index contributed by atoms with van der Waals surface area (Å²) in [6.45, 7) is 0.365. The number of aromatic nitrogens is 1. The lowest BCUT2D eigenvalue weighted by molar-refractivity contribution is 0.0503. The van der Waals surface area contributed by atoms with E-state index in [1.54, 1.807) is 25.4 Å². The first-order valence-electron chi connectivity index (χ1n) is 5.73. The summed E-state index contributed by atoms with van der Waals surface area (Å²) < 4.78 is 10.2. The minimum absolute atomic E-state index is 0.325. The Hall–Kier alpha value is -2.23. The number of methoxy groups -OCH3 is 1. The predicted octanol–water partition coefficient (Wildman–Crippen LogP) is 2.42. The summed E-state index contributed by atoms with van der Waals surface area (Å²) in [5.41, 5.74) is 1.58. The fourth-order valence-electron chi connectivity index (χ4n) is 1.59. The van der Waals surface area contributed by atoms with Crippen LogP contribution in [0.3, 0.4) is 0 Å². The van der Waals surface area contributed by atoms with E-state index in [2.05, 4.69) is 4.98 Å². The van der Waals surface area contributed by atoms with E-state index in [1.807, 2.05) is 24.3 Å². The van der Waals surface area contributed by atoms with E-state index in [0.29, 0.717) is 18.7 Å². The smallest absolute Gasteiger partial charge is 0.354 e. The molecule has 0 spiro atoms. The Balaban J connectivity index is 1.79. The zero-order chi connectivity index (χ0) is 12.8. The topological polar surface area (TPSA) is 51.3 Å². The first-order valence-corrected chi connectivity index (χ1v) is 5.73. The standard InChI is InChI=1S/C14H15NO3/c1-17-12-6-4-11(5-7-12)8-10-18-14(16)13-3-2-9-15-13/h2-7,9,15H,8,10H2,1H3. The summed E-state index contributed by atoms with van der Waals surface area (Å²) in [6.07, 6.45) is 2.39. The van der Waals surface area contributed by atoms with Crippen molar-refractivity contribution in [2.75, 3.05) is 13.7 Å². The molecule has 1 heterocycles. The average molecular weight is 245 g/mol. The summed E-state index contributed by atoms with van der Waals surface area (Å²) in [4.78, 5) is 14.3. The lowest BCUT2D eigenvalue weighted by atomic mass is 10.1. The van der Waals surface area contributed by atoms with E-state index >= 15 is 0 Å². The van der Waals surface area contributed by atoms with Crippen molar-refractivity contribution in [3.63, 3.8) is 0 Å². The van der Waals surface area contributed by atoms with Gasteiger partial charge in [0.05, 0.1) is 13.7 Å². The van der Waals surface area contributed by atoms with Crippen LogP contribution in [0.15, 0.2) is 42.6 Å². The van der Waals surface area contributed by atoms with Gasteiger partial charge in [-0.3, -0.25) is 0 Å². The third kappa shape index (κ3) is 3.13. The Morgan fingerprint density at radius 2 is 2.00 bits per heavy atom. The molecule has 1 aromatic carbocycles. The van der Waals surface area contributed by atoms with E-state index in [0.717, 1.165) is 11.3 Å². The number of hydrogen-bond acceptors (Lipinski definition) is 3. The van der Waals surface area contributed by atoms with Gasteiger partial charge in [0.25, 0.3) is 0 Å². The lowest BCUT2D eigenvalue weighted by Crippen LogP contribution is -2.08. The van der Waals surface area contributed by atoms with Gasteiger partial charge in [0, 0.05) is 12.6 Å². The van der Waals surface area contributed by atoms with E-state index in [9.17, 15) is 4.79 Å². The van der Waals surface area contributed by atoms with Crippen LogP contribution in [-0.2, 0) is 11.2 Å². The Bertz CT molecular complexity index is 488. The van der Waals surface area contributed by atoms with Crippen molar-refractivity contribution in [3.05, 3.63) is 53.9 Å². The number of esters is 1. The molecule has 0 amide bonds. The van der Waals surface area contributed by atoms with Crippen molar-refractivity contribution >= 4 is 5.97 Å². The Morgan fingerprint density at radius 1 is 1.22 bits per heavy atom. The van der Waals surface area contributed by atoms with E-state index < -0.39 is 0 Å². The molecule has 2 rings (SSSR count). The number of H-pyrrole nitrogens is 1. The average Bonchev–Trinajstić information content (AvgIpc) is 2.93. The van der Waals surface area contributed by atoms with Crippen LogP contribution in [0.25, 0.3) is 0 Å². The van der Waals surface area contributed by atoms with Crippen molar-refractivity contribution in [1.29, 1.82) is 0 Å². The molecular weight excluding hydrogens is 230 g/mol. The number of rotatable bonds is 5. The zero-order valence-electron chi connectivity index (χ0n) is 10.2. The molecule has 0 bridgehead atoms. The molecule has 0 aliphatic carbocycles. The number of aromatic amines is 1. The SMILES string of the molecule is COc1ccc(CCOC(=O)c2ccc[nH]2)cc1. The molecule has 0 radical (unpaired) electrons. The van der Waals surface area contributed by atoms with Crippen molar-refractivity contribution < 1.29 is 14.3 Å². The minimum Gasteiger partial charge on any atom is -0.497 e. The maximum Gasteiger partial charge on any atom is 0.354 e. The van der Waals surface area contributed by atoms with Gasteiger partial charge in [0.15, 0.2) is 0 Å². The second-order valence-electron chi connectivity index (χ2n) is 3.82. The summed E-state index contributed by atoms with van der Waals surface area (Å²) in [5, 5.41) is 0. The Morgan fingerprint density at radius 3 is 2.61 bits per heavy atom. The summed E-state index contributed by atoms with van der Waals surface area (Å²) in [5.74, 6) is 0.496. The second kappa shape index (κ2) is 5.91. The number of nitrogens with one attached hydrogen (secondary N) is 1. The van der Waals surface area contributed by atoms with Gasteiger partial charge in [0.2, 0.25) is 0 Å². The van der Waals surface area contributed by atoms with Gasteiger partial charge in [-0.2, -0.15) is 0 Å². The normalized spacial score (nSPS) is 10.1. The van der Waals surface area contributed by atoms with Gasteiger partial charge in [-0.25, -0.2) is 4.79 Å². The number of hydrogen-bond donors (Lipinski definition) is 1. The molecule has 0 atom stereocenters. The molecule has 0 saturated carbocycles. The Kier molecular flexibility index (Phi) is 4.02. The van der Waals surface area contributed by atoms with Crippen molar-refractivity contribution in [2.24, 2.45) is 0 Å². The fraction of sp³-hybridized carbons (Fsp3) is 0.214. The molecule has 0 fully saturated rings. The predicted molar refractivity (Wildman–Crippen MR) is 67.8 cm³/mol. The Labute approximate surface area is 106 Å². The molecule has 0 aliphatic heterocycles. The highest BCUT2D eigenvalue weighted by Gasteiger charge is 2.06. The van der Waals surface area contributed by atoms with Crippen LogP contribution in [0.2, 0.25) is 0 Å². The summed E-state index contributed by atoms with van der Waals surface area (Å²) in [6, 6.07) is 11.2. The molecule has 1 N–H and O–H groups in total. The monoisotopic (exact) mass is 245 g/mol.